The van der Waals surface area contributed by atoms with Crippen molar-refractivity contribution in [1.82, 2.24) is 4.90 Å². The molecule has 2 saturated heterocycles. The molecule has 2 aromatic rings. The number of fused-ring (bicyclic) bond motifs is 4. The number of rotatable bonds is 4. The van der Waals surface area contributed by atoms with Crippen LogP contribution in [0.25, 0.3) is 0 Å². The van der Waals surface area contributed by atoms with E-state index in [9.17, 15) is 14.9 Å². The van der Waals surface area contributed by atoms with Gasteiger partial charge in [-0.2, -0.15) is 0 Å². The average molecular weight is 423 g/mol. The van der Waals surface area contributed by atoms with Gasteiger partial charge in [0.1, 0.15) is 5.54 Å². The summed E-state index contributed by atoms with van der Waals surface area (Å²) in [4.78, 5) is 30.0. The van der Waals surface area contributed by atoms with Gasteiger partial charge in [-0.25, -0.2) is 0 Å². The number of ether oxygens (including phenoxy) is 2. The number of nitrogens with zero attached hydrogens (tertiary/aromatic N) is 3. The van der Waals surface area contributed by atoms with E-state index in [-0.39, 0.29) is 16.9 Å². The second kappa shape index (κ2) is 6.95. The van der Waals surface area contributed by atoms with Gasteiger partial charge in [-0.3, -0.25) is 19.8 Å². The molecule has 3 heterocycles. The van der Waals surface area contributed by atoms with Crippen LogP contribution in [-0.2, 0) is 10.3 Å². The number of hydrogen-bond donors (Lipinski definition) is 0. The zero-order chi connectivity index (χ0) is 21.9. The van der Waals surface area contributed by atoms with Crippen molar-refractivity contribution in [3.05, 3.63) is 63.7 Å². The average Bonchev–Trinajstić information content (AvgIpc) is 3.42. The van der Waals surface area contributed by atoms with Gasteiger partial charge in [0.15, 0.2) is 11.5 Å². The fourth-order valence-electron chi connectivity index (χ4n) is 6.13. The Kier molecular flexibility index (Phi) is 4.44. The lowest BCUT2D eigenvalue weighted by atomic mass is 9.73. The van der Waals surface area contributed by atoms with Crippen molar-refractivity contribution in [2.75, 3.05) is 32.7 Å². The number of amides is 1. The van der Waals surface area contributed by atoms with E-state index in [2.05, 4.69) is 4.90 Å². The fraction of sp³-hybridized carbons (Fsp3) is 0.435. The molecule has 1 amide bonds. The second-order valence-electron chi connectivity index (χ2n) is 8.42. The number of carbonyl (C=O) groups excluding carboxylic acids is 1. The molecular formula is C23H25N3O5. The number of para-hydroxylation sites is 1. The molecule has 3 aliphatic heterocycles. The van der Waals surface area contributed by atoms with Gasteiger partial charge in [0.05, 0.1) is 26.2 Å². The molecule has 0 saturated carbocycles. The lowest BCUT2D eigenvalue weighted by Crippen LogP contribution is -2.52. The number of benzene rings is 2. The summed E-state index contributed by atoms with van der Waals surface area (Å²) in [6.45, 7) is 0.659. The van der Waals surface area contributed by atoms with Crippen LogP contribution >= 0.6 is 0 Å². The van der Waals surface area contributed by atoms with Crippen LogP contribution in [0.5, 0.6) is 11.5 Å². The fourth-order valence-corrected chi connectivity index (χ4v) is 6.13. The predicted octanol–water partition coefficient (Wildman–Crippen LogP) is 2.78. The smallest absolute Gasteiger partial charge is 0.252 e. The number of carbonyl (C=O) groups is 1. The van der Waals surface area contributed by atoms with Crippen LogP contribution in [0.4, 0.5) is 5.69 Å². The maximum Gasteiger partial charge on any atom is 0.252 e. The third-order valence-corrected chi connectivity index (χ3v) is 7.25. The summed E-state index contributed by atoms with van der Waals surface area (Å²) >= 11 is 0. The van der Waals surface area contributed by atoms with Gasteiger partial charge < -0.3 is 14.4 Å². The summed E-state index contributed by atoms with van der Waals surface area (Å²) in [6, 6.07) is 11.9. The van der Waals surface area contributed by atoms with E-state index in [0.29, 0.717) is 30.0 Å². The number of nitro groups is 1. The molecule has 162 valence electrons. The minimum absolute atomic E-state index is 0.107. The van der Waals surface area contributed by atoms with E-state index in [0.717, 1.165) is 17.7 Å². The summed E-state index contributed by atoms with van der Waals surface area (Å²) in [5.74, 6) is 0.291. The van der Waals surface area contributed by atoms with Crippen molar-refractivity contribution in [1.29, 1.82) is 0 Å². The highest BCUT2D eigenvalue weighted by molar-refractivity contribution is 6.08. The number of hydrogen-bond acceptors (Lipinski definition) is 6. The van der Waals surface area contributed by atoms with Gasteiger partial charge in [0, 0.05) is 29.8 Å². The standard InChI is InChI=1S/C23H25N3O5/c1-24-16-8-5-4-7-15(16)23(22(24)27)20(14-10-11-18(30-2)19(13-14)31-3)21(26(28)29)17-9-6-12-25(17)23/h4-5,7-8,10-11,13,17,20-21H,6,9,12H2,1-3H3/t17-,20-,21+,23-/m0/s1. The van der Waals surface area contributed by atoms with Crippen LogP contribution in [0.1, 0.15) is 29.9 Å². The van der Waals surface area contributed by atoms with Crippen LogP contribution in [0.2, 0.25) is 0 Å². The molecule has 0 unspecified atom stereocenters. The molecule has 0 aromatic heterocycles. The molecule has 0 aliphatic carbocycles. The lowest BCUT2D eigenvalue weighted by molar-refractivity contribution is -0.527. The van der Waals surface area contributed by atoms with E-state index in [4.69, 9.17) is 9.47 Å². The van der Waals surface area contributed by atoms with Crippen molar-refractivity contribution in [3.63, 3.8) is 0 Å². The quantitative estimate of drug-likeness (QED) is 0.555. The summed E-state index contributed by atoms with van der Waals surface area (Å²) in [6.07, 6.45) is 1.55. The van der Waals surface area contributed by atoms with Crippen LogP contribution in [0, 0.1) is 10.1 Å². The van der Waals surface area contributed by atoms with Crippen molar-refractivity contribution in [3.8, 4) is 11.5 Å². The SMILES string of the molecule is COc1ccc([C@H]2[C@H]([N+](=O)[O-])[C@@H]3CCCN3[C@]23C(=O)N(C)c2ccccc23)cc1OC. The van der Waals surface area contributed by atoms with Gasteiger partial charge in [-0.05, 0) is 36.6 Å². The largest absolute Gasteiger partial charge is 0.493 e. The summed E-state index contributed by atoms with van der Waals surface area (Å²) in [5.41, 5.74) is 1.27. The van der Waals surface area contributed by atoms with Gasteiger partial charge in [-0.1, -0.05) is 24.3 Å². The molecule has 0 radical (unpaired) electrons. The number of anilines is 1. The van der Waals surface area contributed by atoms with E-state index in [1.165, 1.54) is 0 Å². The first kappa shape index (κ1) is 19.8. The van der Waals surface area contributed by atoms with Crippen molar-refractivity contribution < 1.29 is 19.2 Å². The third-order valence-electron chi connectivity index (χ3n) is 7.25. The molecule has 31 heavy (non-hydrogen) atoms. The minimum atomic E-state index is -1.11. The third kappa shape index (κ3) is 2.42. The molecule has 2 fully saturated rings. The van der Waals surface area contributed by atoms with Crippen molar-refractivity contribution >= 4 is 11.6 Å². The van der Waals surface area contributed by atoms with Gasteiger partial charge in [-0.15, -0.1) is 0 Å². The van der Waals surface area contributed by atoms with Crippen molar-refractivity contribution in [2.45, 2.75) is 36.4 Å². The molecule has 8 heteroatoms. The molecule has 3 aliphatic rings. The topological polar surface area (TPSA) is 85.2 Å². The van der Waals surface area contributed by atoms with Crippen LogP contribution in [0.15, 0.2) is 42.5 Å². The van der Waals surface area contributed by atoms with E-state index in [1.54, 1.807) is 38.3 Å². The Morgan fingerprint density at radius 2 is 1.87 bits per heavy atom. The summed E-state index contributed by atoms with van der Waals surface area (Å²) < 4.78 is 10.9. The molecule has 2 aromatic carbocycles. The van der Waals surface area contributed by atoms with E-state index >= 15 is 0 Å². The lowest BCUT2D eigenvalue weighted by Gasteiger charge is -2.37. The monoisotopic (exact) mass is 423 g/mol. The highest BCUT2D eigenvalue weighted by Crippen LogP contribution is 2.61. The normalized spacial score (nSPS) is 29.3. The molecule has 5 rings (SSSR count). The molecule has 8 nitrogen and oxygen atoms in total. The second-order valence-corrected chi connectivity index (χ2v) is 8.42. The van der Waals surface area contributed by atoms with Crippen LogP contribution in [-0.4, -0.2) is 55.6 Å². The Hall–Kier alpha value is -3.13. The Morgan fingerprint density at radius 3 is 2.58 bits per heavy atom. The van der Waals surface area contributed by atoms with Crippen molar-refractivity contribution in [2.24, 2.45) is 0 Å². The Labute approximate surface area is 180 Å². The van der Waals surface area contributed by atoms with E-state index in [1.807, 2.05) is 30.3 Å². The Morgan fingerprint density at radius 1 is 1.13 bits per heavy atom. The Balaban J connectivity index is 1.80. The van der Waals surface area contributed by atoms with Gasteiger partial charge >= 0.3 is 0 Å². The first-order valence-electron chi connectivity index (χ1n) is 10.5. The zero-order valence-electron chi connectivity index (χ0n) is 17.8. The molecule has 0 bridgehead atoms. The maximum absolute atomic E-state index is 14.0. The predicted molar refractivity (Wildman–Crippen MR) is 114 cm³/mol. The molecule has 4 atom stereocenters. The van der Waals surface area contributed by atoms with Crippen LogP contribution in [0.3, 0.4) is 0 Å². The Bertz CT molecular complexity index is 1070. The number of likely N-dealkylation sites (N-methyl/N-ethyl adjacent to an activating group) is 1. The maximum atomic E-state index is 14.0. The first-order valence-corrected chi connectivity index (χ1v) is 10.5. The first-order chi connectivity index (χ1) is 15.0. The van der Waals surface area contributed by atoms with E-state index < -0.39 is 17.5 Å². The van der Waals surface area contributed by atoms with Gasteiger partial charge in [0.2, 0.25) is 6.04 Å². The highest BCUT2D eigenvalue weighted by atomic mass is 16.6. The molecule has 1 spiro atoms. The van der Waals surface area contributed by atoms with Crippen LogP contribution < -0.4 is 14.4 Å². The summed E-state index contributed by atoms with van der Waals surface area (Å²) in [5, 5.41) is 12.4. The molecule has 0 N–H and O–H groups in total. The minimum Gasteiger partial charge on any atom is -0.493 e. The van der Waals surface area contributed by atoms with Gasteiger partial charge in [0.25, 0.3) is 5.91 Å². The zero-order valence-corrected chi connectivity index (χ0v) is 17.8. The number of methoxy groups -OCH3 is 2. The molecular weight excluding hydrogens is 398 g/mol. The highest BCUT2D eigenvalue weighted by Gasteiger charge is 2.72. The summed E-state index contributed by atoms with van der Waals surface area (Å²) in [7, 11) is 4.85.